The van der Waals surface area contributed by atoms with E-state index in [0.29, 0.717) is 54.7 Å². The predicted molar refractivity (Wildman–Crippen MR) is 130 cm³/mol. The van der Waals surface area contributed by atoms with Crippen molar-refractivity contribution < 1.29 is 23.8 Å². The molecule has 1 aliphatic rings. The van der Waals surface area contributed by atoms with Gasteiger partial charge in [0.05, 0.1) is 21.3 Å². The van der Waals surface area contributed by atoms with Crippen LogP contribution in [0, 0.1) is 0 Å². The van der Waals surface area contributed by atoms with E-state index < -0.39 is 0 Å². The average molecular weight is 467 g/mol. The lowest BCUT2D eigenvalue weighted by molar-refractivity contribution is -0.116. The van der Waals surface area contributed by atoms with Crippen LogP contribution in [0.1, 0.15) is 16.9 Å². The number of piperazine rings is 1. The molecule has 0 bridgehead atoms. The molecule has 1 fully saturated rings. The van der Waals surface area contributed by atoms with E-state index in [1.807, 2.05) is 35.2 Å². The van der Waals surface area contributed by atoms with E-state index in [4.69, 9.17) is 14.2 Å². The molecule has 0 radical (unpaired) electrons. The van der Waals surface area contributed by atoms with Gasteiger partial charge in [0, 0.05) is 67.9 Å². The van der Waals surface area contributed by atoms with E-state index in [-0.39, 0.29) is 11.8 Å². The Hall–Kier alpha value is -3.72. The van der Waals surface area contributed by atoms with Gasteiger partial charge in [-0.1, -0.05) is 18.2 Å². The van der Waals surface area contributed by atoms with Crippen LogP contribution in [0.5, 0.6) is 17.2 Å². The molecule has 9 heteroatoms. The van der Waals surface area contributed by atoms with Crippen LogP contribution in [-0.2, 0) is 4.79 Å². The van der Waals surface area contributed by atoms with Crippen LogP contribution in [0.2, 0.25) is 0 Å². The molecule has 0 spiro atoms. The summed E-state index contributed by atoms with van der Waals surface area (Å²) in [6.07, 6.45) is 0.340. The Balaban J connectivity index is 1.27. The van der Waals surface area contributed by atoms with Gasteiger partial charge in [0.15, 0.2) is 11.5 Å². The van der Waals surface area contributed by atoms with E-state index >= 15 is 0 Å². The number of anilines is 1. The van der Waals surface area contributed by atoms with Gasteiger partial charge in [-0.3, -0.25) is 14.5 Å². The highest BCUT2D eigenvalue weighted by atomic mass is 16.5. The van der Waals surface area contributed by atoms with Gasteiger partial charge in [-0.2, -0.15) is 0 Å². The van der Waals surface area contributed by atoms with Crippen LogP contribution in [0.15, 0.2) is 42.5 Å². The number of carbonyl (C=O) groups excluding carboxylic acids is 2. The number of para-hydroxylation sites is 1. The molecule has 9 nitrogen and oxygen atoms in total. The second kappa shape index (κ2) is 10.5. The minimum absolute atomic E-state index is 0.0102. The summed E-state index contributed by atoms with van der Waals surface area (Å²) in [5.41, 5.74) is 2.15. The first-order valence-electron chi connectivity index (χ1n) is 11.2. The molecule has 1 aliphatic heterocycles. The molecule has 0 unspecified atom stereocenters. The quantitative estimate of drug-likeness (QED) is 0.530. The molecule has 2 aromatic carbocycles. The van der Waals surface area contributed by atoms with Gasteiger partial charge in [0.2, 0.25) is 11.7 Å². The smallest absolute Gasteiger partial charge is 0.270 e. The van der Waals surface area contributed by atoms with Crippen molar-refractivity contribution in [1.82, 2.24) is 14.8 Å². The highest BCUT2D eigenvalue weighted by Gasteiger charge is 2.23. The van der Waals surface area contributed by atoms with E-state index in [0.717, 1.165) is 24.0 Å². The van der Waals surface area contributed by atoms with E-state index in [2.05, 4.69) is 15.2 Å². The van der Waals surface area contributed by atoms with E-state index in [1.54, 1.807) is 12.1 Å². The third-order valence-corrected chi connectivity index (χ3v) is 6.02. The van der Waals surface area contributed by atoms with Gasteiger partial charge < -0.3 is 29.4 Å². The Labute approximate surface area is 198 Å². The zero-order valence-electron chi connectivity index (χ0n) is 19.7. The molecule has 2 N–H and O–H groups in total. The van der Waals surface area contributed by atoms with Crippen molar-refractivity contribution in [2.75, 3.05) is 59.4 Å². The zero-order chi connectivity index (χ0) is 24.1. The normalized spacial score (nSPS) is 14.1. The molecule has 4 rings (SSSR count). The topological polar surface area (TPSA) is 96.1 Å². The van der Waals surface area contributed by atoms with Crippen LogP contribution >= 0.6 is 0 Å². The number of hydrogen-bond acceptors (Lipinski definition) is 6. The van der Waals surface area contributed by atoms with Gasteiger partial charge in [0.25, 0.3) is 5.91 Å². The fraction of sp³-hybridized carbons (Fsp3) is 0.360. The number of nitrogens with one attached hydrogen (secondary N) is 2. The minimum Gasteiger partial charge on any atom is -0.493 e. The van der Waals surface area contributed by atoms with Crippen LogP contribution in [0.25, 0.3) is 10.9 Å². The second-order valence-corrected chi connectivity index (χ2v) is 8.12. The minimum atomic E-state index is -0.106. The van der Waals surface area contributed by atoms with Crippen molar-refractivity contribution in [1.29, 1.82) is 0 Å². The number of carbonyl (C=O) groups is 2. The molecule has 180 valence electrons. The number of rotatable bonds is 8. The fourth-order valence-electron chi connectivity index (χ4n) is 4.17. The van der Waals surface area contributed by atoms with Gasteiger partial charge in [-0.05, 0) is 12.1 Å². The summed E-state index contributed by atoms with van der Waals surface area (Å²) >= 11 is 0. The number of hydrogen-bond donors (Lipinski definition) is 2. The van der Waals surface area contributed by atoms with Crippen LogP contribution in [0.4, 0.5) is 5.69 Å². The molecule has 0 saturated carbocycles. The molecule has 0 aliphatic carbocycles. The van der Waals surface area contributed by atoms with Crippen molar-refractivity contribution in [2.45, 2.75) is 6.42 Å². The highest BCUT2D eigenvalue weighted by Crippen LogP contribution is 2.39. The number of ether oxygens (including phenoxy) is 3. The van der Waals surface area contributed by atoms with Crippen LogP contribution < -0.4 is 19.5 Å². The first kappa shape index (κ1) is 23.4. The maximum atomic E-state index is 12.9. The first-order valence-corrected chi connectivity index (χ1v) is 11.2. The summed E-state index contributed by atoms with van der Waals surface area (Å²) < 4.78 is 16.0. The number of aromatic amines is 1. The Kier molecular flexibility index (Phi) is 7.22. The van der Waals surface area contributed by atoms with Crippen molar-refractivity contribution in [3.05, 3.63) is 48.2 Å². The van der Waals surface area contributed by atoms with Crippen molar-refractivity contribution in [3.8, 4) is 17.2 Å². The number of amides is 2. The molecule has 0 atom stereocenters. The van der Waals surface area contributed by atoms with Gasteiger partial charge in [0.1, 0.15) is 5.69 Å². The lowest BCUT2D eigenvalue weighted by Crippen LogP contribution is -2.49. The van der Waals surface area contributed by atoms with Crippen molar-refractivity contribution in [2.24, 2.45) is 0 Å². The second-order valence-electron chi connectivity index (χ2n) is 8.12. The highest BCUT2D eigenvalue weighted by molar-refractivity contribution is 5.98. The van der Waals surface area contributed by atoms with Crippen LogP contribution in [-0.4, -0.2) is 80.7 Å². The summed E-state index contributed by atoms with van der Waals surface area (Å²) in [5, 5.41) is 3.92. The SMILES string of the molecule is COc1cc(NC(=O)CCN2CCN(C(=O)c3cc4ccccc4[nH]3)CC2)cc(OC)c1OC. The summed E-state index contributed by atoms with van der Waals surface area (Å²) in [5.74, 6) is 1.34. The largest absolute Gasteiger partial charge is 0.493 e. The summed E-state index contributed by atoms with van der Waals surface area (Å²) in [4.78, 5) is 32.7. The van der Waals surface area contributed by atoms with E-state index in [1.165, 1.54) is 21.3 Å². The standard InChI is InChI=1S/C25H30N4O5/c1-32-21-15-18(16-22(33-2)24(21)34-3)26-23(30)8-9-28-10-12-29(13-11-28)25(31)20-14-17-6-4-5-7-19(17)27-20/h4-7,14-16,27H,8-13H2,1-3H3,(H,26,30). The number of benzene rings is 2. The molecule has 2 heterocycles. The molecule has 1 aromatic heterocycles. The Bertz CT molecular complexity index is 1110. The maximum absolute atomic E-state index is 12.9. The summed E-state index contributed by atoms with van der Waals surface area (Å²) in [6, 6.07) is 13.2. The Morgan fingerprint density at radius 3 is 2.24 bits per heavy atom. The fourth-order valence-corrected chi connectivity index (χ4v) is 4.17. The number of fused-ring (bicyclic) bond motifs is 1. The number of nitrogens with zero attached hydrogens (tertiary/aromatic N) is 2. The molecule has 3 aromatic rings. The van der Waals surface area contributed by atoms with E-state index in [9.17, 15) is 9.59 Å². The Morgan fingerprint density at radius 1 is 0.941 bits per heavy atom. The molecule has 34 heavy (non-hydrogen) atoms. The van der Waals surface area contributed by atoms with Crippen LogP contribution in [0.3, 0.4) is 0 Å². The summed E-state index contributed by atoms with van der Waals surface area (Å²) in [6.45, 7) is 3.32. The molecule has 2 amide bonds. The van der Waals surface area contributed by atoms with Gasteiger partial charge >= 0.3 is 0 Å². The first-order chi connectivity index (χ1) is 16.5. The maximum Gasteiger partial charge on any atom is 0.270 e. The van der Waals surface area contributed by atoms with Gasteiger partial charge in [-0.25, -0.2) is 0 Å². The predicted octanol–water partition coefficient (Wildman–Crippen LogP) is 2.98. The number of aromatic nitrogens is 1. The number of methoxy groups -OCH3 is 3. The van der Waals surface area contributed by atoms with Gasteiger partial charge in [-0.15, -0.1) is 0 Å². The number of H-pyrrole nitrogens is 1. The lowest BCUT2D eigenvalue weighted by Gasteiger charge is -2.34. The molecular weight excluding hydrogens is 436 g/mol. The average Bonchev–Trinajstić information content (AvgIpc) is 3.31. The third kappa shape index (κ3) is 5.09. The summed E-state index contributed by atoms with van der Waals surface area (Å²) in [7, 11) is 4.60. The third-order valence-electron chi connectivity index (χ3n) is 6.02. The Morgan fingerprint density at radius 2 is 1.62 bits per heavy atom. The van der Waals surface area contributed by atoms with Crippen molar-refractivity contribution >= 4 is 28.4 Å². The lowest BCUT2D eigenvalue weighted by atomic mass is 10.2. The molecule has 1 saturated heterocycles. The zero-order valence-corrected chi connectivity index (χ0v) is 19.7. The monoisotopic (exact) mass is 466 g/mol. The molecular formula is C25H30N4O5. The van der Waals surface area contributed by atoms with Crippen molar-refractivity contribution in [3.63, 3.8) is 0 Å².